The molecule has 190 valence electrons. The maximum Gasteiger partial charge on any atom is 0.223 e. The monoisotopic (exact) mass is 498 g/mol. The topological polar surface area (TPSA) is 111 Å². The summed E-state index contributed by atoms with van der Waals surface area (Å²) in [5.41, 5.74) is 4.50. The van der Waals surface area contributed by atoms with Crippen LogP contribution in [0.2, 0.25) is 0 Å². The number of nitrogens with zero attached hydrogens (tertiary/aromatic N) is 7. The lowest BCUT2D eigenvalue weighted by molar-refractivity contribution is -0.125. The molecule has 1 fully saturated rings. The van der Waals surface area contributed by atoms with Gasteiger partial charge in [-0.05, 0) is 75.2 Å². The van der Waals surface area contributed by atoms with Gasteiger partial charge in [0.1, 0.15) is 12.1 Å². The maximum atomic E-state index is 12.9. The number of hydrogen-bond acceptors (Lipinski definition) is 8. The van der Waals surface area contributed by atoms with Gasteiger partial charge in [0.15, 0.2) is 11.6 Å². The molecule has 3 aromatic heterocycles. The molecule has 0 spiro atoms. The number of rotatable bonds is 7. The zero-order valence-corrected chi connectivity index (χ0v) is 21.3. The number of aromatic nitrogens is 6. The molecule has 0 radical (unpaired) electrons. The van der Waals surface area contributed by atoms with Crippen molar-refractivity contribution in [3.8, 4) is 22.8 Å². The van der Waals surface area contributed by atoms with Crippen molar-refractivity contribution in [2.75, 3.05) is 25.1 Å². The lowest BCUT2D eigenvalue weighted by Crippen LogP contribution is -2.40. The average Bonchev–Trinajstić information content (AvgIpc) is 3.29. The largest absolute Gasteiger partial charge is 0.497 e. The minimum Gasteiger partial charge on any atom is -0.497 e. The summed E-state index contributed by atoms with van der Waals surface area (Å²) >= 11 is 0. The second kappa shape index (κ2) is 10.7. The smallest absolute Gasteiger partial charge is 0.223 e. The van der Waals surface area contributed by atoms with Crippen LogP contribution >= 0.6 is 0 Å². The van der Waals surface area contributed by atoms with E-state index in [1.807, 2.05) is 62.4 Å². The summed E-state index contributed by atoms with van der Waals surface area (Å²) in [6.45, 7) is 5.82. The van der Waals surface area contributed by atoms with Crippen LogP contribution in [0.4, 0.5) is 5.82 Å². The molecule has 37 heavy (non-hydrogen) atoms. The van der Waals surface area contributed by atoms with E-state index in [0.717, 1.165) is 65.8 Å². The van der Waals surface area contributed by atoms with Gasteiger partial charge in [0.05, 0.1) is 30.7 Å². The lowest BCUT2D eigenvalue weighted by atomic mass is 9.96. The number of amides is 1. The minimum atomic E-state index is -0.0407. The average molecular weight is 499 g/mol. The molecule has 10 heteroatoms. The SMILES string of the molecule is COc1ccc(-c2cc(CNC(=O)C3CCN(c4ccc(-n5nc(C)cc5C)nn4)CC3)ncn2)cc1. The number of ether oxygens (including phenoxy) is 1. The molecule has 4 heterocycles. The van der Waals surface area contributed by atoms with Crippen LogP contribution in [0.5, 0.6) is 5.75 Å². The molecule has 1 saturated heterocycles. The summed E-state index contributed by atoms with van der Waals surface area (Å²) in [4.78, 5) is 23.7. The predicted octanol–water partition coefficient (Wildman–Crippen LogP) is 3.28. The molecule has 0 saturated carbocycles. The van der Waals surface area contributed by atoms with Gasteiger partial charge in [-0.2, -0.15) is 5.10 Å². The van der Waals surface area contributed by atoms with Crippen molar-refractivity contribution in [2.24, 2.45) is 5.92 Å². The van der Waals surface area contributed by atoms with Crippen molar-refractivity contribution in [3.63, 3.8) is 0 Å². The molecule has 1 aliphatic heterocycles. The van der Waals surface area contributed by atoms with Gasteiger partial charge in [0.2, 0.25) is 5.91 Å². The second-order valence-electron chi connectivity index (χ2n) is 9.19. The van der Waals surface area contributed by atoms with E-state index in [1.165, 1.54) is 6.33 Å². The number of carbonyl (C=O) groups is 1. The van der Waals surface area contributed by atoms with Gasteiger partial charge in [0, 0.05) is 30.3 Å². The first-order valence-electron chi connectivity index (χ1n) is 12.4. The van der Waals surface area contributed by atoms with Gasteiger partial charge in [-0.1, -0.05) is 0 Å². The Labute approximate surface area is 215 Å². The first-order chi connectivity index (χ1) is 18.0. The van der Waals surface area contributed by atoms with Crippen LogP contribution in [-0.2, 0) is 11.3 Å². The van der Waals surface area contributed by atoms with Gasteiger partial charge in [-0.25, -0.2) is 14.6 Å². The Morgan fingerprint density at radius 2 is 1.73 bits per heavy atom. The van der Waals surface area contributed by atoms with Crippen LogP contribution < -0.4 is 15.0 Å². The van der Waals surface area contributed by atoms with E-state index in [1.54, 1.807) is 11.8 Å². The number of methoxy groups -OCH3 is 1. The van der Waals surface area contributed by atoms with E-state index in [9.17, 15) is 4.79 Å². The molecule has 1 aromatic carbocycles. The lowest BCUT2D eigenvalue weighted by Gasteiger charge is -2.31. The molecular formula is C27H30N8O2. The van der Waals surface area contributed by atoms with Crippen molar-refractivity contribution in [1.29, 1.82) is 0 Å². The Morgan fingerprint density at radius 3 is 2.38 bits per heavy atom. The molecule has 0 bridgehead atoms. The van der Waals surface area contributed by atoms with Crippen LogP contribution in [0.3, 0.4) is 0 Å². The van der Waals surface area contributed by atoms with Crippen LogP contribution in [0.15, 0.2) is 54.9 Å². The van der Waals surface area contributed by atoms with E-state index < -0.39 is 0 Å². The molecule has 1 aliphatic rings. The number of hydrogen-bond donors (Lipinski definition) is 1. The van der Waals surface area contributed by atoms with E-state index in [2.05, 4.69) is 35.5 Å². The molecule has 4 aromatic rings. The van der Waals surface area contributed by atoms with Crippen molar-refractivity contribution in [2.45, 2.75) is 33.2 Å². The van der Waals surface area contributed by atoms with Crippen molar-refractivity contribution >= 4 is 11.7 Å². The summed E-state index contributed by atoms with van der Waals surface area (Å²) in [5, 5.41) is 16.3. The number of anilines is 1. The number of piperidine rings is 1. The normalized spacial score (nSPS) is 14.0. The molecule has 0 atom stereocenters. The highest BCUT2D eigenvalue weighted by Crippen LogP contribution is 2.23. The predicted molar refractivity (Wildman–Crippen MR) is 139 cm³/mol. The van der Waals surface area contributed by atoms with Gasteiger partial charge in [-0.3, -0.25) is 4.79 Å². The zero-order chi connectivity index (χ0) is 25.8. The standard InChI is InChI=1S/C27H30N8O2/c1-18-14-19(2)35(33-18)26-9-8-25(31-32-26)34-12-10-21(11-13-34)27(36)28-16-22-15-24(30-17-29-22)20-4-6-23(37-3)7-5-20/h4-9,14-15,17,21H,10-13,16H2,1-3H3,(H,28,36). The number of aryl methyl sites for hydroxylation is 2. The molecule has 10 nitrogen and oxygen atoms in total. The summed E-state index contributed by atoms with van der Waals surface area (Å²) in [6.07, 6.45) is 3.04. The first kappa shape index (κ1) is 24.4. The van der Waals surface area contributed by atoms with E-state index in [-0.39, 0.29) is 11.8 Å². The van der Waals surface area contributed by atoms with Gasteiger partial charge in [0.25, 0.3) is 0 Å². The second-order valence-corrected chi connectivity index (χ2v) is 9.19. The quantitative estimate of drug-likeness (QED) is 0.413. The summed E-state index contributed by atoms with van der Waals surface area (Å²) < 4.78 is 7.01. The van der Waals surface area contributed by atoms with Gasteiger partial charge < -0.3 is 15.0 Å². The number of carbonyl (C=O) groups excluding carboxylic acids is 1. The summed E-state index contributed by atoms with van der Waals surface area (Å²) in [6, 6.07) is 15.5. The van der Waals surface area contributed by atoms with Crippen molar-refractivity contribution < 1.29 is 9.53 Å². The van der Waals surface area contributed by atoms with Gasteiger partial charge in [-0.15, -0.1) is 10.2 Å². The Kier molecular flexibility index (Phi) is 7.07. The van der Waals surface area contributed by atoms with Crippen LogP contribution in [-0.4, -0.2) is 56.1 Å². The zero-order valence-electron chi connectivity index (χ0n) is 21.3. The molecule has 0 aliphatic carbocycles. The molecule has 5 rings (SSSR count). The van der Waals surface area contributed by atoms with Gasteiger partial charge >= 0.3 is 0 Å². The first-order valence-corrected chi connectivity index (χ1v) is 12.4. The molecular weight excluding hydrogens is 468 g/mol. The third-order valence-electron chi connectivity index (χ3n) is 6.61. The van der Waals surface area contributed by atoms with Crippen molar-refractivity contribution in [3.05, 3.63) is 71.9 Å². The molecule has 1 amide bonds. The summed E-state index contributed by atoms with van der Waals surface area (Å²) in [5.74, 6) is 2.32. The highest BCUT2D eigenvalue weighted by Gasteiger charge is 2.26. The third-order valence-corrected chi connectivity index (χ3v) is 6.61. The van der Waals surface area contributed by atoms with E-state index in [4.69, 9.17) is 4.74 Å². The Bertz CT molecular complexity index is 1360. The third kappa shape index (κ3) is 5.58. The minimum absolute atomic E-state index is 0.0407. The number of nitrogens with one attached hydrogen (secondary N) is 1. The van der Waals surface area contributed by atoms with E-state index in [0.29, 0.717) is 12.4 Å². The maximum absolute atomic E-state index is 12.9. The fourth-order valence-corrected chi connectivity index (χ4v) is 4.57. The highest BCUT2D eigenvalue weighted by atomic mass is 16.5. The Hall–Kier alpha value is -4.34. The summed E-state index contributed by atoms with van der Waals surface area (Å²) in [7, 11) is 1.64. The number of benzene rings is 1. The van der Waals surface area contributed by atoms with E-state index >= 15 is 0 Å². The van der Waals surface area contributed by atoms with Crippen molar-refractivity contribution in [1.82, 2.24) is 35.3 Å². The van der Waals surface area contributed by atoms with Crippen LogP contribution in [0, 0.1) is 19.8 Å². The van der Waals surface area contributed by atoms with Crippen LogP contribution in [0.1, 0.15) is 29.9 Å². The Morgan fingerprint density at radius 1 is 1.00 bits per heavy atom. The fraction of sp³-hybridized carbons (Fsp3) is 0.333. The molecule has 0 unspecified atom stereocenters. The molecule has 1 N–H and O–H groups in total. The Balaban J connectivity index is 1.13. The highest BCUT2D eigenvalue weighted by molar-refractivity contribution is 5.79. The fourth-order valence-electron chi connectivity index (χ4n) is 4.57. The van der Waals surface area contributed by atoms with Crippen LogP contribution in [0.25, 0.3) is 17.1 Å².